The molecule has 2 saturated carbocycles. The maximum atomic E-state index is 9.64. The Labute approximate surface area is 121 Å². The third kappa shape index (κ3) is 3.33. The molecule has 0 bridgehead atoms. The summed E-state index contributed by atoms with van der Waals surface area (Å²) in [6, 6.07) is 3.20. The summed E-state index contributed by atoms with van der Waals surface area (Å²) in [7, 11) is 0. The highest BCUT2D eigenvalue weighted by molar-refractivity contribution is 5.16. The molecule has 1 N–H and O–H groups in total. The van der Waals surface area contributed by atoms with Crippen LogP contribution in [0.2, 0.25) is 0 Å². The van der Waals surface area contributed by atoms with Crippen molar-refractivity contribution in [2.75, 3.05) is 19.8 Å². The van der Waals surface area contributed by atoms with E-state index >= 15 is 0 Å². The summed E-state index contributed by atoms with van der Waals surface area (Å²) >= 11 is 0. The molecule has 3 rings (SSSR count). The Morgan fingerprint density at radius 2 is 2.00 bits per heavy atom. The fourth-order valence-electron chi connectivity index (χ4n) is 3.65. The van der Waals surface area contributed by atoms with Crippen LogP contribution in [0.4, 0.5) is 0 Å². The topological polar surface area (TPSA) is 54.3 Å². The third-order valence-corrected chi connectivity index (χ3v) is 5.05. The van der Waals surface area contributed by atoms with Crippen LogP contribution in [0.3, 0.4) is 0 Å². The van der Waals surface area contributed by atoms with Crippen molar-refractivity contribution in [1.29, 1.82) is 5.26 Å². The zero-order valence-corrected chi connectivity index (χ0v) is 12.3. The zero-order valence-electron chi connectivity index (χ0n) is 12.3. The number of hydrogen-bond donors (Lipinski definition) is 1. The number of ether oxygens (including phenoxy) is 2. The highest BCUT2D eigenvalue weighted by Crippen LogP contribution is 2.40. The monoisotopic (exact) mass is 278 g/mol. The molecule has 0 aromatic heterocycles. The maximum Gasteiger partial charge on any atom is 0.109 e. The molecule has 0 amide bonds. The van der Waals surface area contributed by atoms with Gasteiger partial charge < -0.3 is 9.47 Å². The molecule has 20 heavy (non-hydrogen) atoms. The molecule has 1 aliphatic heterocycles. The van der Waals surface area contributed by atoms with Gasteiger partial charge in [-0.1, -0.05) is 6.42 Å². The average molecular weight is 278 g/mol. The van der Waals surface area contributed by atoms with Gasteiger partial charge in [-0.25, -0.2) is 0 Å². The van der Waals surface area contributed by atoms with Gasteiger partial charge in [0.15, 0.2) is 0 Å². The Kier molecular flexibility index (Phi) is 4.60. The summed E-state index contributed by atoms with van der Waals surface area (Å²) in [6.07, 6.45) is 9.29. The van der Waals surface area contributed by atoms with Gasteiger partial charge in [-0.05, 0) is 50.9 Å². The standard InChI is InChI=1S/C16H26N2O2/c17-12-16(18-14-3-4-14)8-1-2-13(16)5-11-20-15-6-9-19-10-7-15/h13-15,18H,1-11H2. The van der Waals surface area contributed by atoms with E-state index in [0.29, 0.717) is 18.1 Å². The quantitative estimate of drug-likeness (QED) is 0.810. The summed E-state index contributed by atoms with van der Waals surface area (Å²) in [5.74, 6) is 0.466. The molecule has 2 unspecified atom stereocenters. The summed E-state index contributed by atoms with van der Waals surface area (Å²) in [5.41, 5.74) is -0.264. The van der Waals surface area contributed by atoms with E-state index < -0.39 is 0 Å². The van der Waals surface area contributed by atoms with E-state index in [0.717, 1.165) is 45.5 Å². The van der Waals surface area contributed by atoms with Crippen LogP contribution in [0.25, 0.3) is 0 Å². The van der Waals surface area contributed by atoms with Crippen molar-refractivity contribution < 1.29 is 9.47 Å². The van der Waals surface area contributed by atoms with Crippen LogP contribution < -0.4 is 5.32 Å². The average Bonchev–Trinajstić information content (AvgIpc) is 3.21. The minimum Gasteiger partial charge on any atom is -0.381 e. The van der Waals surface area contributed by atoms with Gasteiger partial charge in [-0.3, -0.25) is 5.32 Å². The van der Waals surface area contributed by atoms with Crippen molar-refractivity contribution in [3.63, 3.8) is 0 Å². The van der Waals surface area contributed by atoms with Crippen molar-refractivity contribution >= 4 is 0 Å². The summed E-state index contributed by atoms with van der Waals surface area (Å²) in [6.45, 7) is 2.46. The van der Waals surface area contributed by atoms with E-state index in [2.05, 4.69) is 11.4 Å². The number of rotatable bonds is 6. The molecule has 0 aromatic carbocycles. The first-order valence-electron chi connectivity index (χ1n) is 8.21. The lowest BCUT2D eigenvalue weighted by molar-refractivity contribution is -0.0363. The summed E-state index contributed by atoms with van der Waals surface area (Å²) in [4.78, 5) is 0. The number of nitriles is 1. The molecule has 0 radical (unpaired) electrons. The molecular formula is C16H26N2O2. The van der Waals surface area contributed by atoms with Crippen molar-refractivity contribution in [1.82, 2.24) is 5.32 Å². The van der Waals surface area contributed by atoms with Crippen molar-refractivity contribution in [2.24, 2.45) is 5.92 Å². The minimum atomic E-state index is -0.264. The van der Waals surface area contributed by atoms with Gasteiger partial charge in [-0.15, -0.1) is 0 Å². The normalized spacial score (nSPS) is 35.0. The molecule has 2 atom stereocenters. The van der Waals surface area contributed by atoms with Crippen molar-refractivity contribution in [2.45, 2.75) is 69.1 Å². The smallest absolute Gasteiger partial charge is 0.109 e. The lowest BCUT2D eigenvalue weighted by atomic mass is 9.86. The molecule has 4 nitrogen and oxygen atoms in total. The molecule has 3 aliphatic rings. The van der Waals surface area contributed by atoms with Gasteiger partial charge in [0.2, 0.25) is 0 Å². The van der Waals surface area contributed by atoms with Gasteiger partial charge in [-0.2, -0.15) is 5.26 Å². The van der Waals surface area contributed by atoms with Gasteiger partial charge in [0.25, 0.3) is 0 Å². The molecule has 1 saturated heterocycles. The molecule has 1 heterocycles. The fourth-order valence-corrected chi connectivity index (χ4v) is 3.65. The third-order valence-electron chi connectivity index (χ3n) is 5.05. The van der Waals surface area contributed by atoms with Crippen LogP contribution in [0, 0.1) is 17.2 Å². The van der Waals surface area contributed by atoms with Gasteiger partial charge in [0.1, 0.15) is 5.54 Å². The largest absolute Gasteiger partial charge is 0.381 e. The first kappa shape index (κ1) is 14.3. The van der Waals surface area contributed by atoms with Crippen molar-refractivity contribution in [3.8, 4) is 6.07 Å². The van der Waals surface area contributed by atoms with E-state index in [1.807, 2.05) is 0 Å². The number of nitrogens with one attached hydrogen (secondary N) is 1. The summed E-state index contributed by atoms with van der Waals surface area (Å²) in [5, 5.41) is 13.3. The number of nitrogens with zero attached hydrogens (tertiary/aromatic N) is 1. The van der Waals surface area contributed by atoms with E-state index in [1.54, 1.807) is 0 Å². The van der Waals surface area contributed by atoms with E-state index in [9.17, 15) is 5.26 Å². The zero-order chi connectivity index (χ0) is 13.8. The van der Waals surface area contributed by atoms with E-state index in [1.165, 1.54) is 25.7 Å². The first-order valence-corrected chi connectivity index (χ1v) is 8.21. The van der Waals surface area contributed by atoms with E-state index in [-0.39, 0.29) is 5.54 Å². The van der Waals surface area contributed by atoms with Crippen LogP contribution in [-0.2, 0) is 9.47 Å². The van der Waals surface area contributed by atoms with Crippen molar-refractivity contribution in [3.05, 3.63) is 0 Å². The lowest BCUT2D eigenvalue weighted by Crippen LogP contribution is -2.48. The first-order chi connectivity index (χ1) is 9.82. The molecular weight excluding hydrogens is 252 g/mol. The second-order valence-corrected chi connectivity index (χ2v) is 6.56. The fraction of sp³-hybridized carbons (Fsp3) is 0.938. The summed E-state index contributed by atoms with van der Waals surface area (Å²) < 4.78 is 11.3. The molecule has 0 aromatic rings. The van der Waals surface area contributed by atoms with Crippen LogP contribution in [0.5, 0.6) is 0 Å². The predicted octanol–water partition coefficient (Wildman–Crippen LogP) is 2.39. The Bertz CT molecular complexity index is 358. The van der Waals surface area contributed by atoms with Gasteiger partial charge in [0, 0.05) is 25.9 Å². The molecule has 112 valence electrons. The van der Waals surface area contributed by atoms with Gasteiger partial charge >= 0.3 is 0 Å². The molecule has 3 fully saturated rings. The van der Waals surface area contributed by atoms with Crippen LogP contribution in [0.15, 0.2) is 0 Å². The van der Waals surface area contributed by atoms with Crippen LogP contribution in [0.1, 0.15) is 51.4 Å². The van der Waals surface area contributed by atoms with Crippen LogP contribution >= 0.6 is 0 Å². The Morgan fingerprint density at radius 1 is 1.20 bits per heavy atom. The predicted molar refractivity (Wildman–Crippen MR) is 76.3 cm³/mol. The van der Waals surface area contributed by atoms with E-state index in [4.69, 9.17) is 9.47 Å². The Morgan fingerprint density at radius 3 is 2.70 bits per heavy atom. The van der Waals surface area contributed by atoms with Gasteiger partial charge in [0.05, 0.1) is 12.2 Å². The molecule has 2 aliphatic carbocycles. The lowest BCUT2D eigenvalue weighted by Gasteiger charge is -2.31. The molecule has 4 heteroatoms. The second-order valence-electron chi connectivity index (χ2n) is 6.56. The Hall–Kier alpha value is -0.630. The van der Waals surface area contributed by atoms with Crippen LogP contribution in [-0.4, -0.2) is 37.5 Å². The minimum absolute atomic E-state index is 0.264. The highest BCUT2D eigenvalue weighted by atomic mass is 16.5. The SMILES string of the molecule is N#CC1(NC2CC2)CCCC1CCOC1CCOCC1. The maximum absolute atomic E-state index is 9.64. The second kappa shape index (κ2) is 6.43. The number of hydrogen-bond acceptors (Lipinski definition) is 4. The molecule has 0 spiro atoms. The Balaban J connectivity index is 1.46. The highest BCUT2D eigenvalue weighted by Gasteiger charge is 2.45.